The number of rotatable bonds is 8. The topological polar surface area (TPSA) is 141 Å². The van der Waals surface area contributed by atoms with E-state index in [9.17, 15) is 22.4 Å². The van der Waals surface area contributed by atoms with Gasteiger partial charge in [0.2, 0.25) is 10.0 Å². The Bertz CT molecular complexity index is 1760. The number of amides is 1. The first-order valence-electron chi connectivity index (χ1n) is 13.6. The summed E-state index contributed by atoms with van der Waals surface area (Å²) < 4.78 is 58.6. The predicted molar refractivity (Wildman–Crippen MR) is 160 cm³/mol. The summed E-state index contributed by atoms with van der Waals surface area (Å²) in [5.74, 6) is -1.29. The molecule has 0 saturated heterocycles. The van der Waals surface area contributed by atoms with E-state index in [2.05, 4.69) is 5.32 Å². The number of carbonyl (C=O) groups is 2. The van der Waals surface area contributed by atoms with Crippen LogP contribution >= 0.6 is 0 Å². The highest BCUT2D eigenvalue weighted by atomic mass is 32.2. The Morgan fingerprint density at radius 3 is 2.49 bits per heavy atom. The van der Waals surface area contributed by atoms with Gasteiger partial charge in [0.1, 0.15) is 35.9 Å². The summed E-state index contributed by atoms with van der Waals surface area (Å²) in [7, 11) is -2.36. The van der Waals surface area contributed by atoms with Gasteiger partial charge in [-0.2, -0.15) is 0 Å². The van der Waals surface area contributed by atoms with Crippen molar-refractivity contribution in [3.05, 3.63) is 89.2 Å². The van der Waals surface area contributed by atoms with Crippen LogP contribution in [0, 0.1) is 5.82 Å². The SMILES string of the molecule is CNC(=O)c1c(-c2ccc(F)cc2)oc2cc3c(cc12)C(C)OC(COC(=O)C(N)Cc1ccccc1)CN3S(C)(=O)=O. The summed E-state index contributed by atoms with van der Waals surface area (Å²) in [5.41, 5.74) is 8.69. The number of fused-ring (bicyclic) bond motifs is 2. The Labute approximate surface area is 248 Å². The first kappa shape index (κ1) is 30.2. The fourth-order valence-corrected chi connectivity index (χ4v) is 6.13. The lowest BCUT2D eigenvalue weighted by Gasteiger charge is -2.25. The number of nitrogens with two attached hydrogens (primary N) is 1. The molecule has 1 aromatic heterocycles. The smallest absolute Gasteiger partial charge is 0.323 e. The van der Waals surface area contributed by atoms with Crippen LogP contribution in [0.1, 0.15) is 34.5 Å². The van der Waals surface area contributed by atoms with Gasteiger partial charge < -0.3 is 24.9 Å². The third kappa shape index (κ3) is 6.41. The number of hydrogen-bond donors (Lipinski definition) is 2. The van der Waals surface area contributed by atoms with E-state index in [1.807, 2.05) is 30.3 Å². The zero-order chi connectivity index (χ0) is 30.9. The maximum absolute atomic E-state index is 13.6. The van der Waals surface area contributed by atoms with E-state index in [1.165, 1.54) is 35.6 Å². The summed E-state index contributed by atoms with van der Waals surface area (Å²) in [6.07, 6.45) is -0.119. The zero-order valence-electron chi connectivity index (χ0n) is 23.9. The normalized spacial score (nSPS) is 17.7. The number of hydrogen-bond acceptors (Lipinski definition) is 8. The first-order chi connectivity index (χ1) is 20.5. The third-order valence-electron chi connectivity index (χ3n) is 7.28. The third-order valence-corrected chi connectivity index (χ3v) is 8.43. The lowest BCUT2D eigenvalue weighted by molar-refractivity contribution is -0.150. The molecule has 226 valence electrons. The van der Waals surface area contributed by atoms with Gasteiger partial charge in [-0.1, -0.05) is 30.3 Å². The summed E-state index contributed by atoms with van der Waals surface area (Å²) >= 11 is 0. The van der Waals surface area contributed by atoms with Crippen molar-refractivity contribution in [1.29, 1.82) is 0 Å². The highest BCUT2D eigenvalue weighted by Crippen LogP contribution is 2.42. The minimum absolute atomic E-state index is 0.142. The molecule has 0 fully saturated rings. The second kappa shape index (κ2) is 12.2. The van der Waals surface area contributed by atoms with E-state index >= 15 is 0 Å². The van der Waals surface area contributed by atoms with E-state index in [4.69, 9.17) is 19.6 Å². The van der Waals surface area contributed by atoms with Crippen LogP contribution in [-0.4, -0.2) is 58.9 Å². The Kier molecular flexibility index (Phi) is 8.54. The Hall–Kier alpha value is -4.26. The molecule has 3 N–H and O–H groups in total. The second-order valence-corrected chi connectivity index (χ2v) is 12.3. The lowest BCUT2D eigenvalue weighted by atomic mass is 10.0. The van der Waals surface area contributed by atoms with Crippen LogP contribution in [0.2, 0.25) is 0 Å². The lowest BCUT2D eigenvalue weighted by Crippen LogP contribution is -2.41. The van der Waals surface area contributed by atoms with E-state index in [1.54, 1.807) is 19.1 Å². The van der Waals surface area contributed by atoms with Gasteiger partial charge in [-0.05, 0) is 49.2 Å². The summed E-state index contributed by atoms with van der Waals surface area (Å²) in [5, 5.41) is 3.04. The van der Waals surface area contributed by atoms with Gasteiger partial charge in [0.25, 0.3) is 5.91 Å². The Balaban J connectivity index is 1.47. The molecule has 0 spiro atoms. The summed E-state index contributed by atoms with van der Waals surface area (Å²) in [6.45, 7) is 1.38. The number of furan rings is 1. The monoisotopic (exact) mass is 609 g/mol. The van der Waals surface area contributed by atoms with Crippen LogP contribution in [0.3, 0.4) is 0 Å². The van der Waals surface area contributed by atoms with Crippen molar-refractivity contribution in [3.63, 3.8) is 0 Å². The van der Waals surface area contributed by atoms with Crippen LogP contribution < -0.4 is 15.4 Å². The molecule has 1 aliphatic rings. The molecule has 0 aliphatic carbocycles. The Morgan fingerprint density at radius 2 is 1.84 bits per heavy atom. The predicted octanol–water partition coefficient (Wildman–Crippen LogP) is 3.94. The molecule has 2 heterocycles. The molecule has 10 nitrogen and oxygen atoms in total. The fourth-order valence-electron chi connectivity index (χ4n) is 5.17. The number of nitrogens with one attached hydrogen (secondary N) is 1. The molecule has 0 bridgehead atoms. The van der Waals surface area contributed by atoms with Gasteiger partial charge in [-0.25, -0.2) is 12.8 Å². The van der Waals surface area contributed by atoms with Crippen molar-refractivity contribution in [1.82, 2.24) is 5.32 Å². The molecule has 3 atom stereocenters. The molecule has 12 heteroatoms. The van der Waals surface area contributed by atoms with E-state index in [0.717, 1.165) is 11.8 Å². The van der Waals surface area contributed by atoms with Crippen LogP contribution in [0.15, 0.2) is 71.1 Å². The summed E-state index contributed by atoms with van der Waals surface area (Å²) in [6, 6.07) is 17.1. The van der Waals surface area contributed by atoms with E-state index in [-0.39, 0.29) is 36.5 Å². The highest BCUT2D eigenvalue weighted by molar-refractivity contribution is 7.92. The van der Waals surface area contributed by atoms with Gasteiger partial charge >= 0.3 is 5.97 Å². The molecule has 3 unspecified atom stereocenters. The number of esters is 1. The van der Waals surface area contributed by atoms with Crippen molar-refractivity contribution in [3.8, 4) is 11.3 Å². The maximum Gasteiger partial charge on any atom is 0.323 e. The van der Waals surface area contributed by atoms with Crippen LogP contribution in [0.4, 0.5) is 10.1 Å². The average molecular weight is 610 g/mol. The standard InChI is InChI=1S/C31H32FN3O7S/c1-18-23-14-24-27(42-29(28(24)30(36)34-2)20-9-11-21(32)12-10-20)15-26(23)35(43(3,38)39)16-22(41-18)17-40-31(37)25(33)13-19-7-5-4-6-8-19/h4-12,14-15,18,22,25H,13,16-17,33H2,1-3H3,(H,34,36). The number of carbonyl (C=O) groups excluding carboxylic acids is 2. The van der Waals surface area contributed by atoms with Crippen molar-refractivity contribution >= 4 is 38.6 Å². The highest BCUT2D eigenvalue weighted by Gasteiger charge is 2.34. The van der Waals surface area contributed by atoms with Crippen molar-refractivity contribution in [2.45, 2.75) is 31.6 Å². The van der Waals surface area contributed by atoms with Crippen LogP contribution in [-0.2, 0) is 30.7 Å². The molecular weight excluding hydrogens is 577 g/mol. The minimum Gasteiger partial charge on any atom is -0.462 e. The molecule has 4 aromatic rings. The molecule has 1 amide bonds. The average Bonchev–Trinajstić information content (AvgIpc) is 3.28. The second-order valence-electron chi connectivity index (χ2n) is 10.4. The number of nitrogens with zero attached hydrogens (tertiary/aromatic N) is 1. The minimum atomic E-state index is -3.84. The van der Waals surface area contributed by atoms with E-state index in [0.29, 0.717) is 22.2 Å². The Morgan fingerprint density at radius 1 is 1.14 bits per heavy atom. The molecule has 0 radical (unpaired) electrons. The van der Waals surface area contributed by atoms with Gasteiger partial charge in [-0.15, -0.1) is 0 Å². The fraction of sp³-hybridized carbons (Fsp3) is 0.290. The van der Waals surface area contributed by atoms with Gasteiger partial charge in [-0.3, -0.25) is 13.9 Å². The molecule has 3 aromatic carbocycles. The largest absolute Gasteiger partial charge is 0.462 e. The quantitative estimate of drug-likeness (QED) is 0.286. The molecule has 5 rings (SSSR count). The summed E-state index contributed by atoms with van der Waals surface area (Å²) in [4.78, 5) is 25.7. The number of benzene rings is 3. The van der Waals surface area contributed by atoms with Gasteiger partial charge in [0.15, 0.2) is 0 Å². The molecule has 43 heavy (non-hydrogen) atoms. The van der Waals surface area contributed by atoms with Crippen LogP contribution in [0.5, 0.6) is 0 Å². The van der Waals surface area contributed by atoms with Crippen LogP contribution in [0.25, 0.3) is 22.3 Å². The molecule has 0 saturated carbocycles. The number of ether oxygens (including phenoxy) is 2. The number of anilines is 1. The maximum atomic E-state index is 13.6. The van der Waals surface area contributed by atoms with Crippen molar-refractivity contribution in [2.75, 3.05) is 30.8 Å². The number of halogens is 1. The van der Waals surface area contributed by atoms with Gasteiger partial charge in [0.05, 0.1) is 30.2 Å². The molecular formula is C31H32FN3O7S. The van der Waals surface area contributed by atoms with Crippen molar-refractivity contribution < 1.29 is 36.3 Å². The van der Waals surface area contributed by atoms with Crippen molar-refractivity contribution in [2.24, 2.45) is 5.73 Å². The number of sulfonamides is 1. The zero-order valence-corrected chi connectivity index (χ0v) is 24.7. The molecule has 1 aliphatic heterocycles. The van der Waals surface area contributed by atoms with Gasteiger partial charge in [0, 0.05) is 29.6 Å². The van der Waals surface area contributed by atoms with E-state index < -0.39 is 46.0 Å². The first-order valence-corrected chi connectivity index (χ1v) is 15.5.